The van der Waals surface area contributed by atoms with Gasteiger partial charge in [-0.05, 0) is 48.4 Å². The van der Waals surface area contributed by atoms with E-state index in [0.29, 0.717) is 25.3 Å². The highest BCUT2D eigenvalue weighted by molar-refractivity contribution is 9.10. The molecule has 2 aromatic rings. The molecule has 0 unspecified atom stereocenters. The Morgan fingerprint density at radius 2 is 1.95 bits per heavy atom. The Hall–Kier alpha value is -1.39. The lowest BCUT2D eigenvalue weighted by Crippen LogP contribution is -2.25. The van der Waals surface area contributed by atoms with E-state index < -0.39 is 0 Å². The summed E-state index contributed by atoms with van der Waals surface area (Å²) in [5, 5.41) is 5.09. The van der Waals surface area contributed by atoms with Crippen molar-refractivity contribution < 1.29 is 9.53 Å². The molecule has 0 atom stereocenters. The Labute approximate surface area is 127 Å². The van der Waals surface area contributed by atoms with Gasteiger partial charge in [0.05, 0.1) is 0 Å². The van der Waals surface area contributed by atoms with Gasteiger partial charge in [0, 0.05) is 29.8 Å². The molecule has 1 amide bonds. The van der Waals surface area contributed by atoms with Gasteiger partial charge in [-0.25, -0.2) is 0 Å². The van der Waals surface area contributed by atoms with E-state index in [1.54, 1.807) is 0 Å². The molecule has 2 aromatic carbocycles. The molecule has 0 saturated heterocycles. The Balaban J connectivity index is 1.98. The van der Waals surface area contributed by atoms with E-state index in [9.17, 15) is 4.79 Å². The molecule has 3 nitrogen and oxygen atoms in total. The molecule has 106 valence electrons. The fraction of sp³-hybridized carbons (Fsp3) is 0.312. The minimum atomic E-state index is -0.0358. The molecule has 4 heteroatoms. The number of benzene rings is 2. The fourth-order valence-electron chi connectivity index (χ4n) is 1.98. The second kappa shape index (κ2) is 7.41. The predicted molar refractivity (Wildman–Crippen MR) is 85.1 cm³/mol. The van der Waals surface area contributed by atoms with Gasteiger partial charge in [0.15, 0.2) is 0 Å². The maximum absolute atomic E-state index is 12.0. The highest BCUT2D eigenvalue weighted by Gasteiger charge is 2.05. The number of carbonyl (C=O) groups is 1. The molecular weight excluding hydrogens is 318 g/mol. The Bertz CT molecular complexity index is 598. The van der Waals surface area contributed by atoms with Gasteiger partial charge < -0.3 is 10.1 Å². The van der Waals surface area contributed by atoms with Crippen LogP contribution in [0, 0.1) is 0 Å². The van der Waals surface area contributed by atoms with Crippen LogP contribution in [0.5, 0.6) is 0 Å². The van der Waals surface area contributed by atoms with E-state index in [-0.39, 0.29) is 5.91 Å². The predicted octanol–water partition coefficient (Wildman–Crippen LogP) is 3.76. The third-order valence-electron chi connectivity index (χ3n) is 3.02. The minimum Gasteiger partial charge on any atom is -0.382 e. The number of hydrogen-bond donors (Lipinski definition) is 1. The molecule has 2 rings (SSSR count). The molecule has 0 aromatic heterocycles. The monoisotopic (exact) mass is 335 g/mol. The van der Waals surface area contributed by atoms with Crippen LogP contribution >= 0.6 is 15.9 Å². The van der Waals surface area contributed by atoms with E-state index >= 15 is 0 Å². The van der Waals surface area contributed by atoms with Crippen LogP contribution in [0.2, 0.25) is 0 Å². The van der Waals surface area contributed by atoms with Crippen LogP contribution in [-0.4, -0.2) is 25.7 Å². The summed E-state index contributed by atoms with van der Waals surface area (Å²) in [6.07, 6.45) is 0.833. The first-order valence-corrected chi connectivity index (χ1v) is 7.55. The van der Waals surface area contributed by atoms with Crippen molar-refractivity contribution in [2.45, 2.75) is 13.3 Å². The number of ether oxygens (including phenoxy) is 1. The number of rotatable bonds is 6. The Morgan fingerprint density at radius 3 is 2.75 bits per heavy atom. The quantitative estimate of drug-likeness (QED) is 0.816. The molecular formula is C16H18BrNO2. The van der Waals surface area contributed by atoms with Crippen LogP contribution in [0.1, 0.15) is 23.7 Å². The van der Waals surface area contributed by atoms with Crippen molar-refractivity contribution in [2.75, 3.05) is 19.8 Å². The van der Waals surface area contributed by atoms with Gasteiger partial charge in [-0.3, -0.25) is 4.79 Å². The van der Waals surface area contributed by atoms with Crippen molar-refractivity contribution in [3.05, 3.63) is 46.4 Å². The molecule has 0 radical (unpaired) electrons. The molecule has 0 saturated carbocycles. The molecule has 0 aliphatic carbocycles. The largest absolute Gasteiger partial charge is 0.382 e. The summed E-state index contributed by atoms with van der Waals surface area (Å²) in [4.78, 5) is 12.0. The summed E-state index contributed by atoms with van der Waals surface area (Å²) in [6, 6.07) is 11.8. The third-order valence-corrected chi connectivity index (χ3v) is 3.51. The lowest BCUT2D eigenvalue weighted by molar-refractivity contribution is 0.0944. The van der Waals surface area contributed by atoms with E-state index in [4.69, 9.17) is 4.74 Å². The summed E-state index contributed by atoms with van der Waals surface area (Å²) in [5.41, 5.74) is 0.691. The minimum absolute atomic E-state index is 0.0358. The topological polar surface area (TPSA) is 38.3 Å². The van der Waals surface area contributed by atoms with Gasteiger partial charge in [-0.2, -0.15) is 0 Å². The van der Waals surface area contributed by atoms with Crippen LogP contribution < -0.4 is 5.32 Å². The van der Waals surface area contributed by atoms with Gasteiger partial charge in [-0.1, -0.05) is 28.1 Å². The standard InChI is InChI=1S/C16H18BrNO2/c1-2-20-9-3-8-18-16(19)14-5-4-13-11-15(17)7-6-12(13)10-14/h4-7,10-11H,2-3,8-9H2,1H3,(H,18,19). The van der Waals surface area contributed by atoms with Crippen LogP contribution in [0.4, 0.5) is 0 Å². The van der Waals surface area contributed by atoms with Crippen molar-refractivity contribution >= 4 is 32.6 Å². The average molecular weight is 336 g/mol. The normalized spacial score (nSPS) is 10.7. The summed E-state index contributed by atoms with van der Waals surface area (Å²) in [5.74, 6) is -0.0358. The van der Waals surface area contributed by atoms with Gasteiger partial charge >= 0.3 is 0 Å². The maximum atomic E-state index is 12.0. The average Bonchev–Trinajstić information content (AvgIpc) is 2.46. The van der Waals surface area contributed by atoms with E-state index in [1.807, 2.05) is 43.3 Å². The van der Waals surface area contributed by atoms with E-state index in [1.165, 1.54) is 0 Å². The first kappa shape index (κ1) is 15.0. The molecule has 20 heavy (non-hydrogen) atoms. The van der Waals surface area contributed by atoms with Crippen molar-refractivity contribution in [3.8, 4) is 0 Å². The molecule has 0 fully saturated rings. The van der Waals surface area contributed by atoms with Gasteiger partial charge in [0.25, 0.3) is 5.91 Å². The van der Waals surface area contributed by atoms with Gasteiger partial charge in [0.2, 0.25) is 0 Å². The summed E-state index contributed by atoms with van der Waals surface area (Å²) >= 11 is 3.44. The molecule has 1 N–H and O–H groups in total. The lowest BCUT2D eigenvalue weighted by atomic mass is 10.1. The van der Waals surface area contributed by atoms with E-state index in [0.717, 1.165) is 21.7 Å². The van der Waals surface area contributed by atoms with Crippen LogP contribution in [0.3, 0.4) is 0 Å². The van der Waals surface area contributed by atoms with Crippen LogP contribution in [-0.2, 0) is 4.74 Å². The smallest absolute Gasteiger partial charge is 0.251 e. The molecule has 0 bridgehead atoms. The van der Waals surface area contributed by atoms with Crippen molar-refractivity contribution in [3.63, 3.8) is 0 Å². The summed E-state index contributed by atoms with van der Waals surface area (Å²) < 4.78 is 6.27. The molecule has 0 aliphatic heterocycles. The number of halogens is 1. The second-order valence-electron chi connectivity index (χ2n) is 4.51. The van der Waals surface area contributed by atoms with Gasteiger partial charge in [0.1, 0.15) is 0 Å². The zero-order valence-corrected chi connectivity index (χ0v) is 13.1. The number of nitrogens with one attached hydrogen (secondary N) is 1. The molecule has 0 spiro atoms. The molecule has 0 aliphatic rings. The SMILES string of the molecule is CCOCCCNC(=O)c1ccc2cc(Br)ccc2c1. The molecule has 0 heterocycles. The lowest BCUT2D eigenvalue weighted by Gasteiger charge is -2.06. The zero-order chi connectivity index (χ0) is 14.4. The van der Waals surface area contributed by atoms with Crippen molar-refractivity contribution in [1.29, 1.82) is 0 Å². The highest BCUT2D eigenvalue weighted by Crippen LogP contribution is 2.20. The number of carbonyl (C=O) groups excluding carboxylic acids is 1. The van der Waals surface area contributed by atoms with Crippen molar-refractivity contribution in [1.82, 2.24) is 5.32 Å². The van der Waals surface area contributed by atoms with Crippen LogP contribution in [0.25, 0.3) is 10.8 Å². The van der Waals surface area contributed by atoms with Crippen molar-refractivity contribution in [2.24, 2.45) is 0 Å². The number of fused-ring (bicyclic) bond motifs is 1. The second-order valence-corrected chi connectivity index (χ2v) is 5.43. The Morgan fingerprint density at radius 1 is 1.20 bits per heavy atom. The first-order valence-electron chi connectivity index (χ1n) is 6.76. The third kappa shape index (κ3) is 4.05. The first-order chi connectivity index (χ1) is 9.70. The van der Waals surface area contributed by atoms with Crippen LogP contribution in [0.15, 0.2) is 40.9 Å². The highest BCUT2D eigenvalue weighted by atomic mass is 79.9. The number of hydrogen-bond acceptors (Lipinski definition) is 2. The number of amides is 1. The fourth-order valence-corrected chi connectivity index (χ4v) is 2.36. The van der Waals surface area contributed by atoms with E-state index in [2.05, 4.69) is 21.2 Å². The summed E-state index contributed by atoms with van der Waals surface area (Å²) in [7, 11) is 0. The Kier molecular flexibility index (Phi) is 5.56. The summed E-state index contributed by atoms with van der Waals surface area (Å²) in [6.45, 7) is 4.00. The zero-order valence-electron chi connectivity index (χ0n) is 11.5. The van der Waals surface area contributed by atoms with Gasteiger partial charge in [-0.15, -0.1) is 0 Å². The maximum Gasteiger partial charge on any atom is 0.251 e.